The van der Waals surface area contributed by atoms with Gasteiger partial charge in [-0.3, -0.25) is 0 Å². The second kappa shape index (κ2) is 7.81. The molecular weight excluding hydrogens is 334 g/mol. The SMILES string of the molecule is CCCOc1cccc(C(Cc2sccc2Br)NC)c1. The maximum absolute atomic E-state index is 5.71. The van der Waals surface area contributed by atoms with Gasteiger partial charge in [-0.15, -0.1) is 11.3 Å². The van der Waals surface area contributed by atoms with Gasteiger partial charge in [0.2, 0.25) is 0 Å². The zero-order chi connectivity index (χ0) is 14.4. The Bertz CT molecular complexity index is 541. The number of nitrogens with one attached hydrogen (secondary N) is 1. The van der Waals surface area contributed by atoms with Crippen LogP contribution in [0.5, 0.6) is 5.75 Å². The van der Waals surface area contributed by atoms with Crippen LogP contribution in [0.1, 0.15) is 29.8 Å². The third kappa shape index (κ3) is 4.08. The molecule has 1 atom stereocenters. The molecule has 0 amide bonds. The Hall–Kier alpha value is -0.840. The number of rotatable bonds is 7. The molecule has 0 bridgehead atoms. The molecule has 0 aliphatic heterocycles. The summed E-state index contributed by atoms with van der Waals surface area (Å²) in [6.07, 6.45) is 2.01. The van der Waals surface area contributed by atoms with Crippen LogP contribution in [0.15, 0.2) is 40.2 Å². The van der Waals surface area contributed by atoms with Crippen LogP contribution < -0.4 is 10.1 Å². The van der Waals surface area contributed by atoms with E-state index in [0.29, 0.717) is 6.04 Å². The summed E-state index contributed by atoms with van der Waals surface area (Å²) < 4.78 is 6.91. The number of hydrogen-bond acceptors (Lipinski definition) is 3. The Kier molecular flexibility index (Phi) is 6.07. The van der Waals surface area contributed by atoms with Crippen LogP contribution in [-0.2, 0) is 6.42 Å². The average Bonchev–Trinajstić information content (AvgIpc) is 2.88. The smallest absolute Gasteiger partial charge is 0.119 e. The summed E-state index contributed by atoms with van der Waals surface area (Å²) in [7, 11) is 2.01. The molecule has 20 heavy (non-hydrogen) atoms. The summed E-state index contributed by atoms with van der Waals surface area (Å²) in [5.74, 6) is 0.954. The number of thiophene rings is 1. The standard InChI is InChI=1S/C16H20BrNOS/c1-3-8-19-13-6-4-5-12(10-13)15(18-2)11-16-14(17)7-9-20-16/h4-7,9-10,15,18H,3,8,11H2,1-2H3. The van der Waals surface area contributed by atoms with Gasteiger partial charge in [-0.25, -0.2) is 0 Å². The third-order valence-corrected chi connectivity index (χ3v) is 5.11. The van der Waals surface area contributed by atoms with Gasteiger partial charge in [0.25, 0.3) is 0 Å². The van der Waals surface area contributed by atoms with Crippen molar-refractivity contribution < 1.29 is 4.74 Å². The van der Waals surface area contributed by atoms with Crippen molar-refractivity contribution in [2.75, 3.05) is 13.7 Å². The largest absolute Gasteiger partial charge is 0.494 e. The highest BCUT2D eigenvalue weighted by molar-refractivity contribution is 9.10. The van der Waals surface area contributed by atoms with Crippen LogP contribution in [0.3, 0.4) is 0 Å². The molecule has 1 heterocycles. The normalized spacial score (nSPS) is 12.3. The Balaban J connectivity index is 2.12. The van der Waals surface area contributed by atoms with Crippen LogP contribution in [0.25, 0.3) is 0 Å². The maximum Gasteiger partial charge on any atom is 0.119 e. The lowest BCUT2D eigenvalue weighted by atomic mass is 10.0. The third-order valence-electron chi connectivity index (χ3n) is 3.16. The molecule has 1 N–H and O–H groups in total. The van der Waals surface area contributed by atoms with Crippen molar-refractivity contribution in [1.29, 1.82) is 0 Å². The molecule has 2 rings (SSSR count). The van der Waals surface area contributed by atoms with Crippen LogP contribution in [0.4, 0.5) is 0 Å². The summed E-state index contributed by atoms with van der Waals surface area (Å²) in [4.78, 5) is 1.37. The van der Waals surface area contributed by atoms with E-state index in [9.17, 15) is 0 Å². The summed E-state index contributed by atoms with van der Waals surface area (Å²) in [6.45, 7) is 2.89. The number of ether oxygens (including phenoxy) is 1. The first-order chi connectivity index (χ1) is 9.74. The fourth-order valence-corrected chi connectivity index (χ4v) is 3.64. The minimum Gasteiger partial charge on any atom is -0.494 e. The predicted molar refractivity (Wildman–Crippen MR) is 89.8 cm³/mol. The Morgan fingerprint density at radius 1 is 1.35 bits per heavy atom. The van der Waals surface area contributed by atoms with Gasteiger partial charge in [-0.1, -0.05) is 19.1 Å². The first kappa shape index (κ1) is 15.5. The van der Waals surface area contributed by atoms with Crippen molar-refractivity contribution in [1.82, 2.24) is 5.32 Å². The molecule has 0 aliphatic rings. The molecule has 1 aromatic heterocycles. The summed E-state index contributed by atoms with van der Waals surface area (Å²) in [5.41, 5.74) is 1.27. The van der Waals surface area contributed by atoms with Crippen molar-refractivity contribution in [3.05, 3.63) is 50.6 Å². The van der Waals surface area contributed by atoms with Crippen molar-refractivity contribution >= 4 is 27.3 Å². The van der Waals surface area contributed by atoms with Gasteiger partial charge in [-0.2, -0.15) is 0 Å². The molecular formula is C16H20BrNOS. The zero-order valence-electron chi connectivity index (χ0n) is 11.9. The lowest BCUT2D eigenvalue weighted by molar-refractivity contribution is 0.317. The topological polar surface area (TPSA) is 21.3 Å². The summed E-state index contributed by atoms with van der Waals surface area (Å²) in [5, 5.41) is 5.52. The van der Waals surface area contributed by atoms with E-state index < -0.39 is 0 Å². The molecule has 0 saturated carbocycles. The van der Waals surface area contributed by atoms with Gasteiger partial charge in [0, 0.05) is 21.8 Å². The summed E-state index contributed by atoms with van der Waals surface area (Å²) in [6, 6.07) is 10.8. The highest BCUT2D eigenvalue weighted by atomic mass is 79.9. The summed E-state index contributed by atoms with van der Waals surface area (Å²) >= 11 is 5.39. The molecule has 4 heteroatoms. The van der Waals surface area contributed by atoms with E-state index in [0.717, 1.165) is 25.2 Å². The molecule has 0 fully saturated rings. The second-order valence-corrected chi connectivity index (χ2v) is 6.51. The minimum absolute atomic E-state index is 0.301. The minimum atomic E-state index is 0.301. The van der Waals surface area contributed by atoms with E-state index in [1.165, 1.54) is 14.9 Å². The van der Waals surface area contributed by atoms with Crippen LogP contribution >= 0.6 is 27.3 Å². The Morgan fingerprint density at radius 2 is 2.20 bits per heavy atom. The van der Waals surface area contributed by atoms with Crippen molar-refractivity contribution in [3.8, 4) is 5.75 Å². The number of halogens is 1. The van der Waals surface area contributed by atoms with Crippen LogP contribution in [0.2, 0.25) is 0 Å². The molecule has 2 nitrogen and oxygen atoms in total. The van der Waals surface area contributed by atoms with Gasteiger partial charge in [0.15, 0.2) is 0 Å². The Labute approximate surface area is 133 Å². The van der Waals surface area contributed by atoms with E-state index in [1.54, 1.807) is 11.3 Å². The highest BCUT2D eigenvalue weighted by Crippen LogP contribution is 2.29. The van der Waals surface area contributed by atoms with Gasteiger partial charge in [0.05, 0.1) is 6.61 Å². The van der Waals surface area contributed by atoms with E-state index in [1.807, 2.05) is 13.1 Å². The van der Waals surface area contributed by atoms with E-state index in [4.69, 9.17) is 4.74 Å². The average molecular weight is 354 g/mol. The van der Waals surface area contributed by atoms with Crippen LogP contribution in [0, 0.1) is 0 Å². The quantitative estimate of drug-likeness (QED) is 0.771. The molecule has 108 valence electrons. The lowest BCUT2D eigenvalue weighted by Crippen LogP contribution is -2.18. The van der Waals surface area contributed by atoms with Crippen molar-refractivity contribution in [3.63, 3.8) is 0 Å². The van der Waals surface area contributed by atoms with Gasteiger partial charge < -0.3 is 10.1 Å². The first-order valence-electron chi connectivity index (χ1n) is 6.86. The molecule has 2 aromatic rings. The van der Waals surface area contributed by atoms with Crippen LogP contribution in [-0.4, -0.2) is 13.7 Å². The lowest BCUT2D eigenvalue weighted by Gasteiger charge is -2.17. The van der Waals surface area contributed by atoms with Gasteiger partial charge in [0.1, 0.15) is 5.75 Å². The number of benzene rings is 1. The molecule has 0 radical (unpaired) electrons. The molecule has 0 spiro atoms. The number of likely N-dealkylation sites (N-methyl/N-ethyl adjacent to an activating group) is 1. The highest BCUT2D eigenvalue weighted by Gasteiger charge is 2.13. The fourth-order valence-electron chi connectivity index (χ4n) is 2.08. The van der Waals surface area contributed by atoms with E-state index in [2.05, 4.69) is 57.8 Å². The molecule has 1 aromatic carbocycles. The molecule has 0 aliphatic carbocycles. The van der Waals surface area contributed by atoms with Crippen molar-refractivity contribution in [2.24, 2.45) is 0 Å². The maximum atomic E-state index is 5.71. The van der Waals surface area contributed by atoms with Gasteiger partial charge in [-0.05, 0) is 58.5 Å². The second-order valence-electron chi connectivity index (χ2n) is 4.66. The first-order valence-corrected chi connectivity index (χ1v) is 8.53. The monoisotopic (exact) mass is 353 g/mol. The molecule has 0 saturated heterocycles. The van der Waals surface area contributed by atoms with E-state index >= 15 is 0 Å². The molecule has 1 unspecified atom stereocenters. The zero-order valence-corrected chi connectivity index (χ0v) is 14.3. The van der Waals surface area contributed by atoms with Crippen molar-refractivity contribution in [2.45, 2.75) is 25.8 Å². The predicted octanol–water partition coefficient (Wildman–Crippen LogP) is 4.80. The Morgan fingerprint density at radius 3 is 2.85 bits per heavy atom. The van der Waals surface area contributed by atoms with Gasteiger partial charge >= 0.3 is 0 Å². The fraction of sp³-hybridized carbons (Fsp3) is 0.375. The number of hydrogen-bond donors (Lipinski definition) is 1. The van der Waals surface area contributed by atoms with E-state index in [-0.39, 0.29) is 0 Å².